The minimum Gasteiger partial charge on any atom is -0.383 e. The van der Waals surface area contributed by atoms with Crippen molar-refractivity contribution in [3.63, 3.8) is 0 Å². The molecule has 98 valence electrons. The molecule has 1 aromatic heterocycles. The van der Waals surface area contributed by atoms with Gasteiger partial charge in [0.1, 0.15) is 11.6 Å². The lowest BCUT2D eigenvalue weighted by atomic mass is 10.1. The van der Waals surface area contributed by atoms with Gasteiger partial charge in [0.15, 0.2) is 0 Å². The molecular formula is C14H14FN3O. The number of anilines is 2. The quantitative estimate of drug-likeness (QED) is 0.871. The zero-order chi connectivity index (χ0) is 14.0. The average Bonchev–Trinajstić information content (AvgIpc) is 2.36. The van der Waals surface area contributed by atoms with Crippen molar-refractivity contribution in [2.24, 2.45) is 0 Å². The number of hydrogen-bond donors (Lipinski definition) is 2. The van der Waals surface area contributed by atoms with Crippen molar-refractivity contribution in [2.75, 3.05) is 11.1 Å². The molecule has 1 amide bonds. The van der Waals surface area contributed by atoms with Crippen LogP contribution in [0.2, 0.25) is 0 Å². The third-order valence-electron chi connectivity index (χ3n) is 2.89. The number of nitrogen functional groups attached to an aromatic ring is 1. The van der Waals surface area contributed by atoms with Gasteiger partial charge < -0.3 is 11.1 Å². The van der Waals surface area contributed by atoms with Gasteiger partial charge in [0.25, 0.3) is 5.91 Å². The Kier molecular flexibility index (Phi) is 3.46. The van der Waals surface area contributed by atoms with Crippen molar-refractivity contribution < 1.29 is 9.18 Å². The minimum atomic E-state index is -0.598. The van der Waals surface area contributed by atoms with Crippen LogP contribution in [0.1, 0.15) is 21.5 Å². The number of nitrogens with one attached hydrogen (secondary N) is 1. The maximum Gasteiger partial charge on any atom is 0.259 e. The summed E-state index contributed by atoms with van der Waals surface area (Å²) in [5, 5.41) is 2.67. The monoisotopic (exact) mass is 259 g/mol. The minimum absolute atomic E-state index is 0.00253. The lowest BCUT2D eigenvalue weighted by molar-refractivity contribution is 0.102. The fraction of sp³-hybridized carbons (Fsp3) is 0.143. The van der Waals surface area contributed by atoms with Crippen molar-refractivity contribution in [3.8, 4) is 0 Å². The Morgan fingerprint density at radius 3 is 2.68 bits per heavy atom. The molecule has 19 heavy (non-hydrogen) atoms. The second kappa shape index (κ2) is 5.06. The molecule has 3 N–H and O–H groups in total. The van der Waals surface area contributed by atoms with E-state index in [-0.39, 0.29) is 11.4 Å². The van der Waals surface area contributed by atoms with Gasteiger partial charge in [-0.25, -0.2) is 9.37 Å². The highest BCUT2D eigenvalue weighted by molar-refractivity contribution is 6.07. The Balaban J connectivity index is 2.25. The van der Waals surface area contributed by atoms with E-state index < -0.39 is 11.7 Å². The highest BCUT2D eigenvalue weighted by atomic mass is 19.1. The zero-order valence-electron chi connectivity index (χ0n) is 10.7. The first-order valence-corrected chi connectivity index (χ1v) is 5.77. The van der Waals surface area contributed by atoms with Crippen LogP contribution in [0.25, 0.3) is 0 Å². The number of rotatable bonds is 2. The number of carbonyl (C=O) groups is 1. The van der Waals surface area contributed by atoms with Gasteiger partial charge >= 0.3 is 0 Å². The van der Waals surface area contributed by atoms with Crippen LogP contribution in [0.5, 0.6) is 0 Å². The molecule has 0 bridgehead atoms. The number of amides is 1. The first-order chi connectivity index (χ1) is 8.97. The fourth-order valence-corrected chi connectivity index (χ4v) is 1.65. The Morgan fingerprint density at radius 2 is 2.00 bits per heavy atom. The van der Waals surface area contributed by atoms with Crippen LogP contribution in [-0.4, -0.2) is 10.9 Å². The van der Waals surface area contributed by atoms with Crippen LogP contribution in [0.4, 0.5) is 15.9 Å². The maximum atomic E-state index is 13.1. The van der Waals surface area contributed by atoms with E-state index in [1.54, 1.807) is 6.07 Å². The summed E-state index contributed by atoms with van der Waals surface area (Å²) in [6, 6.07) is 6.59. The Bertz CT molecular complexity index is 641. The number of aromatic nitrogens is 1. The third kappa shape index (κ3) is 2.88. The molecule has 0 saturated heterocycles. The summed E-state index contributed by atoms with van der Waals surface area (Å²) in [5.41, 5.74) is 8.41. The van der Waals surface area contributed by atoms with Crippen molar-refractivity contribution >= 4 is 17.4 Å². The molecule has 2 aromatic rings. The van der Waals surface area contributed by atoms with Gasteiger partial charge in [-0.3, -0.25) is 4.79 Å². The molecule has 4 nitrogen and oxygen atoms in total. The molecule has 2 rings (SSSR count). The van der Waals surface area contributed by atoms with E-state index in [9.17, 15) is 9.18 Å². The summed E-state index contributed by atoms with van der Waals surface area (Å²) >= 11 is 0. The lowest BCUT2D eigenvalue weighted by Gasteiger charge is -2.08. The van der Waals surface area contributed by atoms with Gasteiger partial charge in [-0.15, -0.1) is 0 Å². The van der Waals surface area contributed by atoms with Gasteiger partial charge in [0, 0.05) is 5.69 Å². The molecule has 1 heterocycles. The Hall–Kier alpha value is -2.43. The first-order valence-electron chi connectivity index (χ1n) is 5.77. The predicted molar refractivity (Wildman–Crippen MR) is 72.5 cm³/mol. The van der Waals surface area contributed by atoms with Gasteiger partial charge in [0.2, 0.25) is 0 Å². The smallest absolute Gasteiger partial charge is 0.259 e. The number of nitrogens with zero attached hydrogens (tertiary/aromatic N) is 1. The fourth-order valence-electron chi connectivity index (χ4n) is 1.65. The second-order valence-electron chi connectivity index (χ2n) is 4.34. The third-order valence-corrected chi connectivity index (χ3v) is 2.89. The normalized spacial score (nSPS) is 10.3. The molecule has 0 aliphatic heterocycles. The SMILES string of the molecule is Cc1ccc(NC(=O)c2cc(F)cnc2N)cc1C. The van der Waals surface area contributed by atoms with E-state index in [4.69, 9.17) is 5.73 Å². The van der Waals surface area contributed by atoms with Crippen molar-refractivity contribution in [1.29, 1.82) is 0 Å². The molecule has 5 heteroatoms. The van der Waals surface area contributed by atoms with Crippen LogP contribution in [0.3, 0.4) is 0 Å². The van der Waals surface area contributed by atoms with Gasteiger partial charge in [-0.2, -0.15) is 0 Å². The maximum absolute atomic E-state index is 13.1. The number of pyridine rings is 1. The average molecular weight is 259 g/mol. The predicted octanol–water partition coefficient (Wildman–Crippen LogP) is 2.67. The van der Waals surface area contributed by atoms with E-state index in [0.717, 1.165) is 23.4 Å². The topological polar surface area (TPSA) is 68.0 Å². The summed E-state index contributed by atoms with van der Waals surface area (Å²) in [5.74, 6) is -1.07. The van der Waals surface area contributed by atoms with Crippen molar-refractivity contribution in [2.45, 2.75) is 13.8 Å². The Labute approximate surface area is 110 Å². The van der Waals surface area contributed by atoms with Gasteiger partial charge in [-0.1, -0.05) is 6.07 Å². The highest BCUT2D eigenvalue weighted by Gasteiger charge is 2.12. The molecule has 0 atom stereocenters. The number of halogens is 1. The summed E-state index contributed by atoms with van der Waals surface area (Å²) in [4.78, 5) is 15.6. The summed E-state index contributed by atoms with van der Waals surface area (Å²) in [6.45, 7) is 3.93. The molecule has 0 unspecified atom stereocenters. The summed E-state index contributed by atoms with van der Waals surface area (Å²) in [6.07, 6.45) is 0.974. The largest absolute Gasteiger partial charge is 0.383 e. The molecular weight excluding hydrogens is 245 g/mol. The molecule has 0 spiro atoms. The van der Waals surface area contributed by atoms with Crippen LogP contribution >= 0.6 is 0 Å². The number of nitrogens with two attached hydrogens (primary N) is 1. The van der Waals surface area contributed by atoms with Gasteiger partial charge in [0.05, 0.1) is 11.8 Å². The molecule has 0 aliphatic carbocycles. The molecule has 0 radical (unpaired) electrons. The summed E-state index contributed by atoms with van der Waals surface area (Å²) < 4.78 is 13.1. The van der Waals surface area contributed by atoms with E-state index in [0.29, 0.717) is 5.69 Å². The number of aryl methyl sites for hydroxylation is 2. The Morgan fingerprint density at radius 1 is 1.26 bits per heavy atom. The van der Waals surface area contributed by atoms with E-state index >= 15 is 0 Å². The van der Waals surface area contributed by atoms with Crippen LogP contribution in [-0.2, 0) is 0 Å². The van der Waals surface area contributed by atoms with Gasteiger partial charge in [-0.05, 0) is 43.2 Å². The van der Waals surface area contributed by atoms with E-state index in [2.05, 4.69) is 10.3 Å². The number of benzene rings is 1. The van der Waals surface area contributed by atoms with Crippen LogP contribution < -0.4 is 11.1 Å². The zero-order valence-corrected chi connectivity index (χ0v) is 10.7. The lowest BCUT2D eigenvalue weighted by Crippen LogP contribution is -2.15. The highest BCUT2D eigenvalue weighted by Crippen LogP contribution is 2.17. The standard InChI is InChI=1S/C14H14FN3O/c1-8-3-4-11(5-9(8)2)18-14(19)12-6-10(15)7-17-13(12)16/h3-7H,1-2H3,(H2,16,17)(H,18,19). The van der Waals surface area contributed by atoms with Crippen molar-refractivity contribution in [3.05, 3.63) is 53.0 Å². The summed E-state index contributed by atoms with van der Waals surface area (Å²) in [7, 11) is 0. The molecule has 0 saturated carbocycles. The van der Waals surface area contributed by atoms with Crippen molar-refractivity contribution in [1.82, 2.24) is 4.98 Å². The molecule has 0 fully saturated rings. The second-order valence-corrected chi connectivity index (χ2v) is 4.34. The molecule has 0 aliphatic rings. The number of hydrogen-bond acceptors (Lipinski definition) is 3. The molecule has 1 aromatic carbocycles. The first kappa shape index (κ1) is 13.0. The van der Waals surface area contributed by atoms with E-state index in [1.165, 1.54) is 0 Å². The van der Waals surface area contributed by atoms with E-state index in [1.807, 2.05) is 26.0 Å². The van der Waals surface area contributed by atoms with Crippen LogP contribution in [0.15, 0.2) is 30.5 Å². The van der Waals surface area contributed by atoms with Crippen LogP contribution in [0, 0.1) is 19.7 Å². The number of carbonyl (C=O) groups excluding carboxylic acids is 1.